The summed E-state index contributed by atoms with van der Waals surface area (Å²) in [7, 11) is 3.69. The second-order valence-electron chi connectivity index (χ2n) is 4.37. The van der Waals surface area contributed by atoms with Gasteiger partial charge in [0.1, 0.15) is 5.82 Å². The maximum Gasteiger partial charge on any atom is 0.123 e. The maximum absolute atomic E-state index is 12.9. The van der Waals surface area contributed by atoms with Crippen molar-refractivity contribution in [2.75, 3.05) is 0 Å². The van der Waals surface area contributed by atoms with Gasteiger partial charge in [0.25, 0.3) is 0 Å². The third kappa shape index (κ3) is 1.78. The van der Waals surface area contributed by atoms with Crippen LogP contribution in [0.1, 0.15) is 29.0 Å². The van der Waals surface area contributed by atoms with Crippen LogP contribution in [0.25, 0.3) is 0 Å². The van der Waals surface area contributed by atoms with Crippen LogP contribution in [0.2, 0.25) is 0 Å². The zero-order chi connectivity index (χ0) is 11.8. The highest BCUT2D eigenvalue weighted by Crippen LogP contribution is 2.37. The number of halogens is 1. The summed E-state index contributed by atoms with van der Waals surface area (Å²) in [6.45, 7) is 0. The van der Waals surface area contributed by atoms with E-state index in [2.05, 4.69) is 28.1 Å². The number of hydrogen-bond acceptors (Lipinski definition) is 0. The molecule has 82 valence electrons. The number of hydrogen-bond donors (Lipinski definition) is 0. The molecule has 3 rings (SSSR count). The van der Waals surface area contributed by atoms with Crippen LogP contribution < -0.4 is 0 Å². The Morgan fingerprint density at radius 1 is 1.00 bits per heavy atom. The summed E-state index contributed by atoms with van der Waals surface area (Å²) in [6.07, 6.45) is 0.960. The monoisotopic (exact) mass is 238 g/mol. The van der Waals surface area contributed by atoms with Gasteiger partial charge in [0.05, 0.1) is 0 Å². The Bertz CT molecular complexity index is 572. The molecule has 1 atom stereocenters. The van der Waals surface area contributed by atoms with E-state index < -0.39 is 0 Å². The average Bonchev–Trinajstić information content (AvgIpc) is 2.69. The molecule has 0 saturated carbocycles. The fourth-order valence-corrected chi connectivity index (χ4v) is 2.92. The molecule has 0 unspecified atom stereocenters. The van der Waals surface area contributed by atoms with Crippen molar-refractivity contribution in [3.8, 4) is 0 Å². The molecule has 0 heterocycles. The summed E-state index contributed by atoms with van der Waals surface area (Å²) in [5.41, 5.74) is 3.77. The summed E-state index contributed by atoms with van der Waals surface area (Å²) in [6, 6.07) is 15.2. The summed E-state index contributed by atoms with van der Waals surface area (Å²) in [5.74, 6) is 0.168. The van der Waals surface area contributed by atoms with Crippen molar-refractivity contribution in [2.45, 2.75) is 12.3 Å². The minimum atomic E-state index is -0.178. The second kappa shape index (κ2) is 4.04. The molecule has 2 aromatic carbocycles. The van der Waals surface area contributed by atoms with E-state index in [0.29, 0.717) is 5.92 Å². The van der Waals surface area contributed by atoms with Gasteiger partial charge in [-0.1, -0.05) is 41.6 Å². The lowest BCUT2D eigenvalue weighted by atomic mass is 9.93. The zero-order valence-electron chi connectivity index (χ0n) is 9.28. The zero-order valence-corrected chi connectivity index (χ0v) is 10.3. The highest BCUT2D eigenvalue weighted by molar-refractivity contribution is 6.45. The largest absolute Gasteiger partial charge is 0.207 e. The number of benzene rings is 2. The Morgan fingerprint density at radius 3 is 2.47 bits per heavy atom. The fourth-order valence-electron chi connectivity index (χ4n) is 2.49. The first-order valence-corrected chi connectivity index (χ1v) is 6.18. The van der Waals surface area contributed by atoms with Crippen molar-refractivity contribution in [3.63, 3.8) is 0 Å². The third-order valence-electron chi connectivity index (χ3n) is 3.34. The molecular formula is C15H11FSi. The molecule has 0 bridgehead atoms. The molecular weight excluding hydrogens is 227 g/mol. The van der Waals surface area contributed by atoms with Crippen LogP contribution in [0.5, 0.6) is 0 Å². The summed E-state index contributed by atoms with van der Waals surface area (Å²) < 4.78 is 12.9. The van der Waals surface area contributed by atoms with Gasteiger partial charge in [0.2, 0.25) is 0 Å². The smallest absolute Gasteiger partial charge is 0.123 e. The summed E-state index contributed by atoms with van der Waals surface area (Å²) in [5, 5.41) is 1.23. The Kier molecular flexibility index (Phi) is 2.52. The molecule has 2 radical (unpaired) electrons. The van der Waals surface area contributed by atoms with E-state index in [4.69, 9.17) is 0 Å². The van der Waals surface area contributed by atoms with Crippen molar-refractivity contribution in [3.05, 3.63) is 71.0 Å². The number of rotatable bonds is 1. The topological polar surface area (TPSA) is 0 Å². The molecule has 0 nitrogen and oxygen atoms in total. The van der Waals surface area contributed by atoms with Gasteiger partial charge in [-0.15, -0.1) is 0 Å². The predicted molar refractivity (Wildman–Crippen MR) is 69.2 cm³/mol. The molecule has 0 aromatic heterocycles. The minimum Gasteiger partial charge on any atom is -0.207 e. The SMILES string of the molecule is Fc1ccc([C@H]2CC(=[Si])c3ccccc32)cc1. The molecule has 2 aromatic rings. The lowest BCUT2D eigenvalue weighted by Crippen LogP contribution is -1.97. The first kappa shape index (κ1) is 10.6. The van der Waals surface area contributed by atoms with Gasteiger partial charge < -0.3 is 0 Å². The van der Waals surface area contributed by atoms with Gasteiger partial charge in [-0.2, -0.15) is 0 Å². The van der Waals surface area contributed by atoms with Crippen LogP contribution in [-0.4, -0.2) is 15.0 Å². The van der Waals surface area contributed by atoms with Crippen LogP contribution in [0, 0.1) is 5.82 Å². The highest BCUT2D eigenvalue weighted by Gasteiger charge is 2.25. The first-order valence-electron chi connectivity index (χ1n) is 5.68. The van der Waals surface area contributed by atoms with Crippen LogP contribution in [0.3, 0.4) is 0 Å². The van der Waals surface area contributed by atoms with Crippen molar-refractivity contribution >= 4 is 15.0 Å². The van der Waals surface area contributed by atoms with E-state index in [9.17, 15) is 4.39 Å². The normalized spacial score (nSPS) is 18.2. The van der Waals surface area contributed by atoms with Crippen LogP contribution in [-0.2, 0) is 0 Å². The lowest BCUT2D eigenvalue weighted by molar-refractivity contribution is 0.626. The molecule has 2 heteroatoms. The van der Waals surface area contributed by atoms with Crippen molar-refractivity contribution in [1.82, 2.24) is 0 Å². The van der Waals surface area contributed by atoms with Crippen LogP contribution >= 0.6 is 0 Å². The molecule has 0 N–H and O–H groups in total. The van der Waals surface area contributed by atoms with E-state index in [0.717, 1.165) is 6.42 Å². The second-order valence-corrected chi connectivity index (χ2v) is 4.98. The lowest BCUT2D eigenvalue weighted by Gasteiger charge is -2.11. The molecule has 0 fully saturated rings. The molecule has 1 aliphatic carbocycles. The first-order chi connectivity index (χ1) is 8.25. The highest BCUT2D eigenvalue weighted by atomic mass is 28.1. The summed E-state index contributed by atoms with van der Waals surface area (Å²) >= 11 is 0. The molecule has 0 saturated heterocycles. The molecule has 0 aliphatic heterocycles. The summed E-state index contributed by atoms with van der Waals surface area (Å²) in [4.78, 5) is 0. The van der Waals surface area contributed by atoms with E-state index in [-0.39, 0.29) is 5.82 Å². The standard InChI is InChI=1S/C15H11FSi/c16-11-7-5-10(6-8-11)14-9-15(17)13-4-2-1-3-12(13)14/h1-8,14H,9H2/t14-/m1/s1. The number of fused-ring (bicyclic) bond motifs is 1. The van der Waals surface area contributed by atoms with Gasteiger partial charge in [-0.05, 0) is 35.2 Å². The van der Waals surface area contributed by atoms with E-state index in [1.807, 2.05) is 18.2 Å². The minimum absolute atomic E-state index is 0.178. The Labute approximate surface area is 103 Å². The Hall–Kier alpha value is -1.54. The van der Waals surface area contributed by atoms with E-state index in [1.165, 1.54) is 34.0 Å². The van der Waals surface area contributed by atoms with Crippen molar-refractivity contribution in [1.29, 1.82) is 0 Å². The fraction of sp³-hybridized carbons (Fsp3) is 0.133. The average molecular weight is 238 g/mol. The maximum atomic E-state index is 12.9. The van der Waals surface area contributed by atoms with Crippen LogP contribution in [0.15, 0.2) is 48.5 Å². The molecule has 0 spiro atoms. The van der Waals surface area contributed by atoms with Gasteiger partial charge in [0, 0.05) is 15.8 Å². The molecule has 1 aliphatic rings. The third-order valence-corrected chi connectivity index (χ3v) is 3.82. The van der Waals surface area contributed by atoms with Crippen molar-refractivity contribution < 1.29 is 4.39 Å². The predicted octanol–water partition coefficient (Wildman–Crippen LogP) is 3.05. The van der Waals surface area contributed by atoms with Gasteiger partial charge in [0.15, 0.2) is 0 Å². The van der Waals surface area contributed by atoms with E-state index in [1.54, 1.807) is 0 Å². The Balaban J connectivity index is 2.07. The van der Waals surface area contributed by atoms with Gasteiger partial charge >= 0.3 is 0 Å². The van der Waals surface area contributed by atoms with Gasteiger partial charge in [-0.25, -0.2) is 4.39 Å². The van der Waals surface area contributed by atoms with E-state index >= 15 is 0 Å². The van der Waals surface area contributed by atoms with Crippen molar-refractivity contribution in [2.24, 2.45) is 0 Å². The molecule has 17 heavy (non-hydrogen) atoms. The van der Waals surface area contributed by atoms with Gasteiger partial charge in [-0.3, -0.25) is 0 Å². The molecule has 0 amide bonds. The van der Waals surface area contributed by atoms with Crippen LogP contribution in [0.4, 0.5) is 4.39 Å². The Morgan fingerprint density at radius 2 is 1.71 bits per heavy atom. The quantitative estimate of drug-likeness (QED) is 0.670.